The molecule has 0 spiro atoms. The van der Waals surface area contributed by atoms with E-state index in [1.54, 1.807) is 11.7 Å². The van der Waals surface area contributed by atoms with E-state index in [0.29, 0.717) is 12.5 Å². The minimum absolute atomic E-state index is 0.0459. The van der Waals surface area contributed by atoms with Crippen molar-refractivity contribution in [2.75, 3.05) is 13.7 Å². The van der Waals surface area contributed by atoms with Crippen LogP contribution in [0.2, 0.25) is 0 Å². The van der Waals surface area contributed by atoms with Crippen molar-refractivity contribution < 1.29 is 4.74 Å². The maximum atomic E-state index is 12.5. The Morgan fingerprint density at radius 3 is 2.41 bits per heavy atom. The van der Waals surface area contributed by atoms with Crippen LogP contribution in [-0.2, 0) is 13.6 Å². The summed E-state index contributed by atoms with van der Waals surface area (Å²) in [5.74, 6) is 1.38. The zero-order chi connectivity index (χ0) is 16.1. The second-order valence-corrected chi connectivity index (χ2v) is 5.86. The molecule has 0 radical (unpaired) electrons. The van der Waals surface area contributed by atoms with Gasteiger partial charge in [0.25, 0.3) is 5.56 Å². The Hall–Kier alpha value is -2.07. The average Bonchev–Trinajstić information content (AvgIpc) is 2.51. The van der Waals surface area contributed by atoms with Gasteiger partial charge in [0.15, 0.2) is 0 Å². The number of rotatable bonds is 6. The highest BCUT2D eigenvalue weighted by molar-refractivity contribution is 5.60. The molecule has 4 heteroatoms. The molecule has 1 aromatic carbocycles. The predicted molar refractivity (Wildman–Crippen MR) is 90.2 cm³/mol. The summed E-state index contributed by atoms with van der Waals surface area (Å²) in [4.78, 5) is 12.5. The smallest absolute Gasteiger partial charge is 0.255 e. The summed E-state index contributed by atoms with van der Waals surface area (Å²) < 4.78 is 6.87. The van der Waals surface area contributed by atoms with Gasteiger partial charge in [-0.2, -0.15) is 0 Å². The highest BCUT2D eigenvalue weighted by Crippen LogP contribution is 2.21. The van der Waals surface area contributed by atoms with Crippen molar-refractivity contribution >= 4 is 0 Å². The molecule has 2 aromatic rings. The highest BCUT2D eigenvalue weighted by Gasteiger charge is 2.08. The van der Waals surface area contributed by atoms with Gasteiger partial charge in [0, 0.05) is 19.2 Å². The van der Waals surface area contributed by atoms with Gasteiger partial charge in [-0.25, -0.2) is 0 Å². The number of aromatic nitrogens is 1. The molecule has 0 aliphatic rings. The lowest BCUT2D eigenvalue weighted by Gasteiger charge is -2.12. The van der Waals surface area contributed by atoms with Crippen LogP contribution in [-0.4, -0.2) is 18.2 Å². The number of nitrogens with one attached hydrogen (secondary N) is 1. The molecule has 0 fully saturated rings. The molecule has 0 aliphatic carbocycles. The number of pyridine rings is 1. The minimum atomic E-state index is 0.0459. The molecule has 0 unspecified atom stereocenters. The summed E-state index contributed by atoms with van der Waals surface area (Å²) in [6.45, 7) is 5.81. The molecule has 4 nitrogen and oxygen atoms in total. The normalized spacial score (nSPS) is 11.0. The molecule has 0 amide bonds. The molecule has 0 bridgehead atoms. The molecule has 1 aromatic heterocycles. The van der Waals surface area contributed by atoms with Crippen LogP contribution in [0.15, 0.2) is 41.2 Å². The van der Waals surface area contributed by atoms with E-state index in [1.165, 1.54) is 0 Å². The maximum Gasteiger partial charge on any atom is 0.255 e. The molecule has 0 atom stereocenters. The van der Waals surface area contributed by atoms with Gasteiger partial charge < -0.3 is 14.6 Å². The Balaban J connectivity index is 2.24. The van der Waals surface area contributed by atoms with Crippen LogP contribution in [0.25, 0.3) is 11.3 Å². The number of ether oxygens (including phenoxy) is 1. The largest absolute Gasteiger partial charge is 0.497 e. The number of nitrogens with zero attached hydrogens (tertiary/aromatic N) is 1. The fourth-order valence-electron chi connectivity index (χ4n) is 2.37. The second kappa shape index (κ2) is 7.27. The summed E-state index contributed by atoms with van der Waals surface area (Å²) in [5.41, 5.74) is 2.74. The summed E-state index contributed by atoms with van der Waals surface area (Å²) >= 11 is 0. The molecule has 118 valence electrons. The lowest BCUT2D eigenvalue weighted by molar-refractivity contribution is 0.415. The minimum Gasteiger partial charge on any atom is -0.497 e. The standard InChI is InChI=1S/C18H24N2O2/c1-13(2)11-19-12-15-7-10-17(20(3)18(15)21)14-5-8-16(22-4)9-6-14/h5-10,13,19H,11-12H2,1-4H3. The van der Waals surface area contributed by atoms with Crippen molar-refractivity contribution in [3.63, 3.8) is 0 Å². The second-order valence-electron chi connectivity index (χ2n) is 5.86. The Morgan fingerprint density at radius 1 is 1.14 bits per heavy atom. The van der Waals surface area contributed by atoms with Crippen molar-refractivity contribution in [2.24, 2.45) is 13.0 Å². The van der Waals surface area contributed by atoms with Gasteiger partial charge >= 0.3 is 0 Å². The lowest BCUT2D eigenvalue weighted by Crippen LogP contribution is -2.27. The van der Waals surface area contributed by atoms with Crippen molar-refractivity contribution in [3.05, 3.63) is 52.3 Å². The Kier molecular flexibility index (Phi) is 5.39. The van der Waals surface area contributed by atoms with Crippen LogP contribution < -0.4 is 15.6 Å². The monoisotopic (exact) mass is 300 g/mol. The van der Waals surface area contributed by atoms with E-state index in [4.69, 9.17) is 4.74 Å². The summed E-state index contributed by atoms with van der Waals surface area (Å²) in [7, 11) is 3.46. The molecule has 0 saturated carbocycles. The van der Waals surface area contributed by atoms with Crippen LogP contribution >= 0.6 is 0 Å². The van der Waals surface area contributed by atoms with Gasteiger partial charge in [-0.15, -0.1) is 0 Å². The third-order valence-corrected chi connectivity index (χ3v) is 3.64. The first-order chi connectivity index (χ1) is 10.5. The van der Waals surface area contributed by atoms with Crippen LogP contribution in [0.5, 0.6) is 5.75 Å². The first-order valence-corrected chi connectivity index (χ1v) is 7.57. The summed E-state index contributed by atoms with van der Waals surface area (Å²) in [6, 6.07) is 11.6. The fourth-order valence-corrected chi connectivity index (χ4v) is 2.37. The van der Waals surface area contributed by atoms with Gasteiger partial charge in [0.05, 0.1) is 12.8 Å². The van der Waals surface area contributed by atoms with Gasteiger partial charge in [0.2, 0.25) is 0 Å². The van der Waals surface area contributed by atoms with E-state index in [0.717, 1.165) is 29.1 Å². The molecular formula is C18H24N2O2. The maximum absolute atomic E-state index is 12.5. The van der Waals surface area contributed by atoms with Crippen LogP contribution in [0.1, 0.15) is 19.4 Å². The van der Waals surface area contributed by atoms with Crippen LogP contribution in [0.3, 0.4) is 0 Å². The number of hydrogen-bond donors (Lipinski definition) is 1. The first-order valence-electron chi connectivity index (χ1n) is 7.57. The van der Waals surface area contributed by atoms with E-state index < -0.39 is 0 Å². The van der Waals surface area contributed by atoms with Crippen molar-refractivity contribution in [1.29, 1.82) is 0 Å². The van der Waals surface area contributed by atoms with Gasteiger partial charge in [0.1, 0.15) is 5.75 Å². The van der Waals surface area contributed by atoms with Gasteiger partial charge in [-0.1, -0.05) is 19.9 Å². The zero-order valence-electron chi connectivity index (χ0n) is 13.7. The molecular weight excluding hydrogens is 276 g/mol. The molecule has 0 aliphatic heterocycles. The molecule has 2 rings (SSSR count). The predicted octanol–water partition coefficient (Wildman–Crippen LogP) is 2.81. The highest BCUT2D eigenvalue weighted by atomic mass is 16.5. The number of benzene rings is 1. The Morgan fingerprint density at radius 2 is 1.82 bits per heavy atom. The molecule has 22 heavy (non-hydrogen) atoms. The first kappa shape index (κ1) is 16.3. The molecule has 1 heterocycles. The quantitative estimate of drug-likeness (QED) is 0.892. The number of methoxy groups -OCH3 is 1. The SMILES string of the molecule is COc1ccc(-c2ccc(CNCC(C)C)c(=O)n2C)cc1. The summed E-state index contributed by atoms with van der Waals surface area (Å²) in [6.07, 6.45) is 0. The van der Waals surface area contributed by atoms with Gasteiger partial charge in [-0.3, -0.25) is 4.79 Å². The number of hydrogen-bond acceptors (Lipinski definition) is 3. The summed E-state index contributed by atoms with van der Waals surface area (Å²) in [5, 5.41) is 3.31. The van der Waals surface area contributed by atoms with Crippen LogP contribution in [0.4, 0.5) is 0 Å². The van der Waals surface area contributed by atoms with E-state index in [-0.39, 0.29) is 5.56 Å². The van der Waals surface area contributed by atoms with Crippen molar-refractivity contribution in [1.82, 2.24) is 9.88 Å². The lowest BCUT2D eigenvalue weighted by atomic mass is 10.1. The third kappa shape index (κ3) is 3.77. The van der Waals surface area contributed by atoms with Crippen molar-refractivity contribution in [3.8, 4) is 17.0 Å². The van der Waals surface area contributed by atoms with Crippen molar-refractivity contribution in [2.45, 2.75) is 20.4 Å². The zero-order valence-corrected chi connectivity index (χ0v) is 13.7. The topological polar surface area (TPSA) is 43.3 Å². The van der Waals surface area contributed by atoms with E-state index in [1.807, 2.05) is 43.4 Å². The molecule has 0 saturated heterocycles. The fraction of sp³-hybridized carbons (Fsp3) is 0.389. The Bertz CT molecular complexity index is 672. The van der Waals surface area contributed by atoms with E-state index in [9.17, 15) is 4.79 Å². The average molecular weight is 300 g/mol. The van der Waals surface area contributed by atoms with Crippen LogP contribution in [0, 0.1) is 5.92 Å². The third-order valence-electron chi connectivity index (χ3n) is 3.64. The van der Waals surface area contributed by atoms with Gasteiger partial charge in [-0.05, 0) is 48.4 Å². The Labute approximate surface area is 131 Å². The van der Waals surface area contributed by atoms with E-state index in [2.05, 4.69) is 19.2 Å². The molecule has 1 N–H and O–H groups in total. The van der Waals surface area contributed by atoms with E-state index >= 15 is 0 Å².